The number of amides is 1. The van der Waals surface area contributed by atoms with Gasteiger partial charge in [0, 0.05) is 33.6 Å². The van der Waals surface area contributed by atoms with Gasteiger partial charge in [0.15, 0.2) is 16.8 Å². The standard InChI is InChI=1S/C21H24N4O2S2/c1-5-10-25-20(18-11-28-15(4)13(18)2)23-24-21(25)29-12-19(27)22-17-8-6-16(7-9-17)14(3)26/h6-9,11H,5,10,12H2,1-4H3,(H,22,27). The van der Waals surface area contributed by atoms with Crippen LogP contribution >= 0.6 is 23.1 Å². The Kier molecular flexibility index (Phi) is 6.87. The predicted molar refractivity (Wildman–Crippen MR) is 119 cm³/mol. The number of nitrogens with zero attached hydrogens (tertiary/aromatic N) is 3. The number of rotatable bonds is 8. The van der Waals surface area contributed by atoms with Crippen molar-refractivity contribution in [3.8, 4) is 11.4 Å². The molecule has 0 saturated heterocycles. The molecule has 0 aliphatic rings. The van der Waals surface area contributed by atoms with E-state index in [0.717, 1.165) is 29.5 Å². The Morgan fingerprint density at radius 2 is 1.90 bits per heavy atom. The molecule has 0 spiro atoms. The Morgan fingerprint density at radius 1 is 1.17 bits per heavy atom. The number of thiophene rings is 1. The van der Waals surface area contributed by atoms with Crippen molar-refractivity contribution in [2.24, 2.45) is 0 Å². The third-order valence-corrected chi connectivity index (χ3v) is 6.58. The SMILES string of the molecule is CCCn1c(SCC(=O)Nc2ccc(C(C)=O)cc2)nnc1-c1csc(C)c1C. The van der Waals surface area contributed by atoms with Crippen LogP contribution in [-0.2, 0) is 11.3 Å². The number of thioether (sulfide) groups is 1. The summed E-state index contributed by atoms with van der Waals surface area (Å²) in [5.41, 5.74) is 3.62. The topological polar surface area (TPSA) is 76.9 Å². The molecule has 29 heavy (non-hydrogen) atoms. The Balaban J connectivity index is 1.69. The highest BCUT2D eigenvalue weighted by Gasteiger charge is 2.18. The summed E-state index contributed by atoms with van der Waals surface area (Å²) in [5, 5.41) is 14.5. The minimum Gasteiger partial charge on any atom is -0.325 e. The van der Waals surface area contributed by atoms with E-state index in [4.69, 9.17) is 0 Å². The molecule has 1 N–H and O–H groups in total. The van der Waals surface area contributed by atoms with Crippen molar-refractivity contribution in [1.29, 1.82) is 0 Å². The molecule has 0 unspecified atom stereocenters. The van der Waals surface area contributed by atoms with Gasteiger partial charge in [0.2, 0.25) is 5.91 Å². The molecule has 1 amide bonds. The molecule has 0 saturated carbocycles. The lowest BCUT2D eigenvalue weighted by Gasteiger charge is -2.09. The van der Waals surface area contributed by atoms with E-state index in [2.05, 4.69) is 46.2 Å². The van der Waals surface area contributed by atoms with Gasteiger partial charge < -0.3 is 9.88 Å². The molecule has 0 bridgehead atoms. The zero-order valence-electron chi connectivity index (χ0n) is 17.0. The Labute approximate surface area is 178 Å². The number of hydrogen-bond acceptors (Lipinski definition) is 6. The van der Waals surface area contributed by atoms with Crippen LogP contribution in [0.4, 0.5) is 5.69 Å². The molecule has 2 heterocycles. The van der Waals surface area contributed by atoms with Crippen molar-refractivity contribution in [2.75, 3.05) is 11.1 Å². The molecule has 0 aliphatic carbocycles. The van der Waals surface area contributed by atoms with Crippen molar-refractivity contribution < 1.29 is 9.59 Å². The Morgan fingerprint density at radius 3 is 2.48 bits per heavy atom. The van der Waals surface area contributed by atoms with Gasteiger partial charge in [-0.05, 0) is 57.0 Å². The van der Waals surface area contributed by atoms with Gasteiger partial charge in [0.05, 0.1) is 5.75 Å². The lowest BCUT2D eigenvalue weighted by molar-refractivity contribution is -0.113. The van der Waals surface area contributed by atoms with Gasteiger partial charge in [0.25, 0.3) is 0 Å². The van der Waals surface area contributed by atoms with E-state index >= 15 is 0 Å². The van der Waals surface area contributed by atoms with Crippen molar-refractivity contribution in [1.82, 2.24) is 14.8 Å². The second-order valence-corrected chi connectivity index (χ2v) is 8.79. The lowest BCUT2D eigenvalue weighted by atomic mass is 10.1. The zero-order valence-corrected chi connectivity index (χ0v) is 18.6. The minimum atomic E-state index is -0.124. The number of nitrogens with one attached hydrogen (secondary N) is 1. The van der Waals surface area contributed by atoms with Crippen LogP contribution in [0.3, 0.4) is 0 Å². The van der Waals surface area contributed by atoms with Crippen LogP contribution < -0.4 is 5.32 Å². The Hall–Kier alpha value is -2.45. The van der Waals surface area contributed by atoms with Crippen LogP contribution in [0, 0.1) is 13.8 Å². The van der Waals surface area contributed by atoms with Gasteiger partial charge in [-0.25, -0.2) is 0 Å². The van der Waals surface area contributed by atoms with Crippen LogP contribution in [0.1, 0.15) is 41.1 Å². The number of aromatic nitrogens is 3. The van der Waals surface area contributed by atoms with Crippen molar-refractivity contribution in [3.63, 3.8) is 0 Å². The van der Waals surface area contributed by atoms with Gasteiger partial charge in [-0.1, -0.05) is 18.7 Å². The molecule has 3 aromatic rings. The number of aryl methyl sites for hydroxylation is 1. The van der Waals surface area contributed by atoms with Crippen LogP contribution in [0.15, 0.2) is 34.8 Å². The second kappa shape index (κ2) is 9.37. The molecule has 0 atom stereocenters. The molecule has 0 radical (unpaired) electrons. The lowest BCUT2D eigenvalue weighted by Crippen LogP contribution is -2.14. The summed E-state index contributed by atoms with van der Waals surface area (Å²) in [6, 6.07) is 6.89. The molecule has 3 rings (SSSR count). The van der Waals surface area contributed by atoms with E-state index in [1.807, 2.05) is 0 Å². The van der Waals surface area contributed by atoms with Gasteiger partial charge in [0.1, 0.15) is 0 Å². The number of Topliss-reactive ketones (excluding diaryl/α,β-unsaturated/α-hetero) is 1. The average Bonchev–Trinajstić information content (AvgIpc) is 3.24. The monoisotopic (exact) mass is 428 g/mol. The minimum absolute atomic E-state index is 0.000509. The summed E-state index contributed by atoms with van der Waals surface area (Å²) < 4.78 is 2.09. The third kappa shape index (κ3) is 4.94. The summed E-state index contributed by atoms with van der Waals surface area (Å²) in [6.45, 7) is 8.63. The number of carbonyl (C=O) groups excluding carboxylic acids is 2. The Bertz CT molecular complexity index is 1020. The largest absolute Gasteiger partial charge is 0.325 e. The molecule has 0 aliphatic heterocycles. The quantitative estimate of drug-likeness (QED) is 0.405. The molecule has 8 heteroatoms. The highest BCUT2D eigenvalue weighted by Crippen LogP contribution is 2.31. The number of hydrogen-bond donors (Lipinski definition) is 1. The summed E-state index contributed by atoms with van der Waals surface area (Å²) in [7, 11) is 0. The van der Waals surface area contributed by atoms with Crippen LogP contribution in [-0.4, -0.2) is 32.2 Å². The maximum absolute atomic E-state index is 12.4. The van der Waals surface area contributed by atoms with E-state index in [9.17, 15) is 9.59 Å². The average molecular weight is 429 g/mol. The van der Waals surface area contributed by atoms with E-state index in [-0.39, 0.29) is 17.4 Å². The van der Waals surface area contributed by atoms with E-state index in [1.54, 1.807) is 35.6 Å². The maximum atomic E-state index is 12.4. The summed E-state index contributed by atoms with van der Waals surface area (Å²) in [6.07, 6.45) is 0.954. The fourth-order valence-electron chi connectivity index (χ4n) is 2.87. The number of ketones is 1. The highest BCUT2D eigenvalue weighted by molar-refractivity contribution is 7.99. The first-order valence-electron chi connectivity index (χ1n) is 9.42. The van der Waals surface area contributed by atoms with Gasteiger partial charge >= 0.3 is 0 Å². The first-order chi connectivity index (χ1) is 13.9. The second-order valence-electron chi connectivity index (χ2n) is 6.76. The summed E-state index contributed by atoms with van der Waals surface area (Å²) >= 11 is 3.09. The smallest absolute Gasteiger partial charge is 0.234 e. The molecule has 0 fully saturated rings. The number of anilines is 1. The zero-order chi connectivity index (χ0) is 21.0. The normalized spacial score (nSPS) is 10.9. The van der Waals surface area contributed by atoms with Crippen molar-refractivity contribution >= 4 is 40.5 Å². The van der Waals surface area contributed by atoms with Crippen LogP contribution in [0.5, 0.6) is 0 Å². The molecule has 2 aromatic heterocycles. The van der Waals surface area contributed by atoms with Crippen LogP contribution in [0.25, 0.3) is 11.4 Å². The molecular weight excluding hydrogens is 404 g/mol. The first kappa shape index (κ1) is 21.3. The van der Waals surface area contributed by atoms with Crippen molar-refractivity contribution in [3.05, 3.63) is 45.6 Å². The van der Waals surface area contributed by atoms with Crippen LogP contribution in [0.2, 0.25) is 0 Å². The summed E-state index contributed by atoms with van der Waals surface area (Å²) in [5.74, 6) is 0.968. The van der Waals surface area contributed by atoms with Crippen molar-refractivity contribution in [2.45, 2.75) is 45.8 Å². The molecule has 6 nitrogen and oxygen atoms in total. The molecule has 1 aromatic carbocycles. The molecule has 152 valence electrons. The summed E-state index contributed by atoms with van der Waals surface area (Å²) in [4.78, 5) is 25.0. The highest BCUT2D eigenvalue weighted by atomic mass is 32.2. The fraction of sp³-hybridized carbons (Fsp3) is 0.333. The van der Waals surface area contributed by atoms with Gasteiger partial charge in [-0.3, -0.25) is 9.59 Å². The van der Waals surface area contributed by atoms with Gasteiger partial charge in [-0.15, -0.1) is 21.5 Å². The van der Waals surface area contributed by atoms with Gasteiger partial charge in [-0.2, -0.15) is 0 Å². The first-order valence-corrected chi connectivity index (χ1v) is 11.3. The van der Waals surface area contributed by atoms with E-state index < -0.39 is 0 Å². The fourth-order valence-corrected chi connectivity index (χ4v) is 4.50. The molecular formula is C21H24N4O2S2. The number of carbonyl (C=O) groups is 2. The van der Waals surface area contributed by atoms with E-state index in [1.165, 1.54) is 29.1 Å². The van der Waals surface area contributed by atoms with E-state index in [0.29, 0.717) is 11.3 Å². The maximum Gasteiger partial charge on any atom is 0.234 e. The number of benzene rings is 1. The third-order valence-electron chi connectivity index (χ3n) is 4.60. The predicted octanol–water partition coefficient (Wildman–Crippen LogP) is 4.97.